The Hall–Kier alpha value is -1.24. The molecular weight excluding hydrogens is 294 g/mol. The smallest absolute Gasteiger partial charge is 0.316 e. The fourth-order valence-corrected chi connectivity index (χ4v) is 2.74. The third-order valence-electron chi connectivity index (χ3n) is 3.06. The monoisotopic (exact) mass is 317 g/mol. The number of aliphatic carboxylic acids is 1. The number of piperidine rings is 1. The molecule has 1 amide bonds. The summed E-state index contributed by atoms with van der Waals surface area (Å²) >= 11 is 1.23. The van der Waals surface area contributed by atoms with Crippen LogP contribution in [0.15, 0.2) is 0 Å². The molecule has 0 atom stereocenters. The molecule has 21 heavy (non-hydrogen) atoms. The van der Waals surface area contributed by atoms with Gasteiger partial charge < -0.3 is 14.7 Å². The Labute approximate surface area is 129 Å². The van der Waals surface area contributed by atoms with E-state index in [1.54, 1.807) is 25.7 Å². The summed E-state index contributed by atoms with van der Waals surface area (Å²) in [4.78, 5) is 35.9. The topological polar surface area (TPSA) is 83.9 Å². The van der Waals surface area contributed by atoms with Crippen molar-refractivity contribution in [2.24, 2.45) is 5.92 Å². The van der Waals surface area contributed by atoms with Crippen molar-refractivity contribution in [3.63, 3.8) is 0 Å². The normalized spacial score (nSPS) is 16.6. The van der Waals surface area contributed by atoms with Gasteiger partial charge in [-0.3, -0.25) is 14.4 Å². The van der Waals surface area contributed by atoms with Gasteiger partial charge in [0.05, 0.1) is 17.4 Å². The Balaban J connectivity index is 2.23. The summed E-state index contributed by atoms with van der Waals surface area (Å²) in [5.41, 5.74) is -0.514. The number of hydrogen-bond acceptors (Lipinski definition) is 5. The molecule has 1 heterocycles. The highest BCUT2D eigenvalue weighted by Crippen LogP contribution is 2.18. The molecule has 7 heteroatoms. The van der Waals surface area contributed by atoms with Gasteiger partial charge in [0.2, 0.25) is 5.91 Å². The van der Waals surface area contributed by atoms with Gasteiger partial charge >= 0.3 is 11.9 Å². The Bertz CT molecular complexity index is 397. The van der Waals surface area contributed by atoms with E-state index in [1.165, 1.54) is 11.8 Å². The van der Waals surface area contributed by atoms with Crippen molar-refractivity contribution in [3.8, 4) is 0 Å². The first kappa shape index (κ1) is 17.8. The van der Waals surface area contributed by atoms with E-state index in [4.69, 9.17) is 9.84 Å². The quantitative estimate of drug-likeness (QED) is 0.771. The fraction of sp³-hybridized carbons (Fsp3) is 0.786. The number of nitrogens with zero attached hydrogens (tertiary/aromatic N) is 1. The molecule has 0 aromatic heterocycles. The van der Waals surface area contributed by atoms with E-state index in [2.05, 4.69) is 0 Å². The fourth-order valence-electron chi connectivity index (χ4n) is 2.06. The highest BCUT2D eigenvalue weighted by atomic mass is 32.2. The maximum absolute atomic E-state index is 11.9. The molecule has 0 spiro atoms. The first-order chi connectivity index (χ1) is 9.69. The number of carbonyl (C=O) groups excluding carboxylic acids is 2. The molecule has 1 saturated heterocycles. The minimum Gasteiger partial charge on any atom is -0.481 e. The van der Waals surface area contributed by atoms with Crippen LogP contribution in [0.4, 0.5) is 0 Å². The van der Waals surface area contributed by atoms with Crippen LogP contribution >= 0.6 is 11.8 Å². The zero-order valence-corrected chi connectivity index (χ0v) is 13.6. The molecule has 0 radical (unpaired) electrons. The van der Waals surface area contributed by atoms with Crippen molar-refractivity contribution in [2.75, 3.05) is 24.6 Å². The predicted octanol–water partition coefficient (Wildman–Crippen LogP) is 1.38. The Morgan fingerprint density at radius 2 is 1.76 bits per heavy atom. The first-order valence-corrected chi connectivity index (χ1v) is 8.14. The number of rotatable bonds is 5. The summed E-state index contributed by atoms with van der Waals surface area (Å²) in [7, 11) is 0. The molecule has 1 rings (SSSR count). The lowest BCUT2D eigenvalue weighted by molar-refractivity contribution is -0.151. The van der Waals surface area contributed by atoms with E-state index in [0.29, 0.717) is 25.9 Å². The summed E-state index contributed by atoms with van der Waals surface area (Å²) in [6.45, 7) is 6.35. The van der Waals surface area contributed by atoms with E-state index in [0.717, 1.165) is 0 Å². The lowest BCUT2D eigenvalue weighted by atomic mass is 9.97. The largest absolute Gasteiger partial charge is 0.481 e. The van der Waals surface area contributed by atoms with E-state index in [-0.39, 0.29) is 29.3 Å². The van der Waals surface area contributed by atoms with E-state index in [9.17, 15) is 14.4 Å². The van der Waals surface area contributed by atoms with Gasteiger partial charge in [-0.05, 0) is 33.6 Å². The van der Waals surface area contributed by atoms with Gasteiger partial charge in [-0.15, -0.1) is 11.8 Å². The van der Waals surface area contributed by atoms with Gasteiger partial charge in [-0.25, -0.2) is 0 Å². The first-order valence-electron chi connectivity index (χ1n) is 6.99. The standard InChI is InChI=1S/C14H23NO5S/c1-14(2,3)20-12(17)9-21-8-11(16)15-6-4-10(5-7-15)13(18)19/h10H,4-9H2,1-3H3,(H,18,19). The molecule has 0 aromatic rings. The Morgan fingerprint density at radius 1 is 1.19 bits per heavy atom. The summed E-state index contributed by atoms with van der Waals surface area (Å²) in [5.74, 6) is -1.15. The van der Waals surface area contributed by atoms with Crippen molar-refractivity contribution < 1.29 is 24.2 Å². The molecule has 1 fully saturated rings. The summed E-state index contributed by atoms with van der Waals surface area (Å²) < 4.78 is 5.16. The summed E-state index contributed by atoms with van der Waals surface area (Å²) in [6.07, 6.45) is 0.996. The van der Waals surface area contributed by atoms with Crippen molar-refractivity contribution in [1.29, 1.82) is 0 Å². The van der Waals surface area contributed by atoms with Crippen molar-refractivity contribution in [3.05, 3.63) is 0 Å². The second kappa shape index (κ2) is 7.68. The maximum Gasteiger partial charge on any atom is 0.316 e. The van der Waals surface area contributed by atoms with E-state index in [1.807, 2.05) is 0 Å². The predicted molar refractivity (Wildman–Crippen MR) is 80.1 cm³/mol. The number of hydrogen-bond donors (Lipinski definition) is 1. The average Bonchev–Trinajstić information content (AvgIpc) is 2.36. The lowest BCUT2D eigenvalue weighted by Crippen LogP contribution is -2.41. The molecule has 0 aromatic carbocycles. The van der Waals surface area contributed by atoms with Crippen LogP contribution in [0, 0.1) is 5.92 Å². The van der Waals surface area contributed by atoms with Crippen molar-refractivity contribution in [2.45, 2.75) is 39.2 Å². The number of ether oxygens (including phenoxy) is 1. The molecule has 120 valence electrons. The number of esters is 1. The molecule has 0 bridgehead atoms. The van der Waals surface area contributed by atoms with Gasteiger partial charge in [-0.1, -0.05) is 0 Å². The molecule has 1 N–H and O–H groups in total. The van der Waals surface area contributed by atoms with Crippen LogP contribution in [0.2, 0.25) is 0 Å². The molecule has 6 nitrogen and oxygen atoms in total. The maximum atomic E-state index is 11.9. The SMILES string of the molecule is CC(C)(C)OC(=O)CSCC(=O)N1CCC(C(=O)O)CC1. The number of likely N-dealkylation sites (tertiary alicyclic amines) is 1. The molecule has 1 aliphatic rings. The van der Waals surface area contributed by atoms with Gasteiger partial charge in [-0.2, -0.15) is 0 Å². The zero-order valence-electron chi connectivity index (χ0n) is 12.8. The van der Waals surface area contributed by atoms with Crippen LogP contribution in [0.3, 0.4) is 0 Å². The number of amides is 1. The molecule has 0 unspecified atom stereocenters. The second-order valence-electron chi connectivity index (χ2n) is 6.07. The lowest BCUT2D eigenvalue weighted by Gasteiger charge is -2.30. The van der Waals surface area contributed by atoms with E-state index < -0.39 is 11.6 Å². The third kappa shape index (κ3) is 6.84. The second-order valence-corrected chi connectivity index (χ2v) is 7.06. The summed E-state index contributed by atoms with van der Waals surface area (Å²) in [6, 6.07) is 0. The number of carboxylic acid groups (broad SMARTS) is 1. The third-order valence-corrected chi connectivity index (χ3v) is 3.95. The zero-order chi connectivity index (χ0) is 16.0. The van der Waals surface area contributed by atoms with Crippen LogP contribution in [0.1, 0.15) is 33.6 Å². The number of carbonyl (C=O) groups is 3. The van der Waals surface area contributed by atoms with Crippen LogP contribution in [0.5, 0.6) is 0 Å². The molecule has 0 aliphatic carbocycles. The minimum absolute atomic E-state index is 0.0487. The Morgan fingerprint density at radius 3 is 2.24 bits per heavy atom. The van der Waals surface area contributed by atoms with Gasteiger partial charge in [0.25, 0.3) is 0 Å². The minimum atomic E-state index is -0.790. The highest BCUT2D eigenvalue weighted by molar-refractivity contribution is 8.00. The number of carboxylic acids is 1. The Kier molecular flexibility index (Phi) is 6.51. The number of thioether (sulfide) groups is 1. The van der Waals surface area contributed by atoms with Gasteiger partial charge in [0.15, 0.2) is 0 Å². The molecule has 0 saturated carbocycles. The van der Waals surface area contributed by atoms with Crippen LogP contribution in [-0.2, 0) is 19.1 Å². The summed E-state index contributed by atoms with van der Waals surface area (Å²) in [5, 5.41) is 8.90. The molecular formula is C14H23NO5S. The van der Waals surface area contributed by atoms with E-state index >= 15 is 0 Å². The van der Waals surface area contributed by atoms with Crippen LogP contribution < -0.4 is 0 Å². The van der Waals surface area contributed by atoms with Crippen LogP contribution in [0.25, 0.3) is 0 Å². The highest BCUT2D eigenvalue weighted by Gasteiger charge is 2.27. The van der Waals surface area contributed by atoms with Gasteiger partial charge in [0, 0.05) is 13.1 Å². The van der Waals surface area contributed by atoms with Crippen molar-refractivity contribution in [1.82, 2.24) is 4.90 Å². The average molecular weight is 317 g/mol. The van der Waals surface area contributed by atoms with Crippen LogP contribution in [-0.4, -0.2) is 58.0 Å². The molecule has 1 aliphatic heterocycles. The van der Waals surface area contributed by atoms with Crippen molar-refractivity contribution >= 4 is 29.6 Å². The van der Waals surface area contributed by atoms with Gasteiger partial charge in [0.1, 0.15) is 5.60 Å².